The van der Waals surface area contributed by atoms with Crippen molar-refractivity contribution in [2.24, 2.45) is 0 Å². The van der Waals surface area contributed by atoms with Gasteiger partial charge in [0.25, 0.3) is 0 Å². The standard InChI is InChI=1S/C58H98O8S/c1-3-5-7-9-11-13-15-17-19-21-23-25-27-29-31-33-35-37-39-41-43-49-51(57(61)62)45-47-53(59)55(49)67(65,66)56-50(52(58(63)64)46-48-54(56)60)44-42-40-38-36-34-32-30-28-26-24-22-20-18-16-14-12-10-8-6-4-2/h45-48,59-60H,3-44H2,1-2H3,(H,61,62)(H,63,64). The summed E-state index contributed by atoms with van der Waals surface area (Å²) in [6.07, 6.45) is 49.2. The van der Waals surface area contributed by atoms with Crippen molar-refractivity contribution in [1.29, 1.82) is 0 Å². The number of phenolic OH excluding ortho intramolecular Hbond substituents is 2. The maximum atomic E-state index is 14.6. The first-order chi connectivity index (χ1) is 32.6. The van der Waals surface area contributed by atoms with Gasteiger partial charge in [-0.15, -0.1) is 0 Å². The highest BCUT2D eigenvalue weighted by atomic mass is 32.2. The van der Waals surface area contributed by atoms with Crippen LogP contribution in [0.3, 0.4) is 0 Å². The van der Waals surface area contributed by atoms with Crippen LogP contribution in [0.1, 0.15) is 303 Å². The summed E-state index contributed by atoms with van der Waals surface area (Å²) in [4.78, 5) is 23.7. The third-order valence-electron chi connectivity index (χ3n) is 14.0. The molecule has 67 heavy (non-hydrogen) atoms. The van der Waals surface area contributed by atoms with Gasteiger partial charge in [0.2, 0.25) is 9.84 Å². The molecule has 0 radical (unpaired) electrons. The topological polar surface area (TPSA) is 149 Å². The molecule has 9 heteroatoms. The highest BCUT2D eigenvalue weighted by Crippen LogP contribution is 2.41. The molecule has 8 nitrogen and oxygen atoms in total. The minimum Gasteiger partial charge on any atom is -0.507 e. The van der Waals surface area contributed by atoms with Gasteiger partial charge >= 0.3 is 11.9 Å². The van der Waals surface area contributed by atoms with E-state index < -0.39 is 43.1 Å². The molecule has 0 aromatic heterocycles. The van der Waals surface area contributed by atoms with E-state index in [0.717, 1.165) is 63.5 Å². The number of carboxylic acid groups (broad SMARTS) is 2. The molecule has 0 saturated carbocycles. The zero-order valence-corrected chi connectivity index (χ0v) is 43.7. The maximum absolute atomic E-state index is 14.6. The first-order valence-corrected chi connectivity index (χ1v) is 29.5. The summed E-state index contributed by atoms with van der Waals surface area (Å²) in [6, 6.07) is 4.56. The minimum absolute atomic E-state index is 0.0141. The molecule has 0 fully saturated rings. The predicted molar refractivity (Wildman–Crippen MR) is 279 cm³/mol. The van der Waals surface area contributed by atoms with Crippen molar-refractivity contribution in [1.82, 2.24) is 0 Å². The molecule has 0 aliphatic rings. The van der Waals surface area contributed by atoms with Crippen molar-refractivity contribution in [2.75, 3.05) is 0 Å². The van der Waals surface area contributed by atoms with Crippen LogP contribution in [0.15, 0.2) is 34.1 Å². The molecule has 0 amide bonds. The van der Waals surface area contributed by atoms with Crippen LogP contribution < -0.4 is 0 Å². The Balaban J connectivity index is 1.82. The van der Waals surface area contributed by atoms with E-state index in [2.05, 4.69) is 13.8 Å². The number of aromatic hydroxyl groups is 2. The average Bonchev–Trinajstić information content (AvgIpc) is 3.29. The molecule has 0 saturated heterocycles. The summed E-state index contributed by atoms with van der Waals surface area (Å²) in [7, 11) is -4.75. The smallest absolute Gasteiger partial charge is 0.336 e. The molecular weight excluding hydrogens is 857 g/mol. The van der Waals surface area contributed by atoms with Crippen LogP contribution in [0.2, 0.25) is 0 Å². The summed E-state index contributed by atoms with van der Waals surface area (Å²) < 4.78 is 29.2. The van der Waals surface area contributed by atoms with Gasteiger partial charge in [0.1, 0.15) is 21.3 Å². The number of aromatic carboxylic acids is 2. The Kier molecular flexibility index (Phi) is 34.7. The molecule has 4 N–H and O–H groups in total. The number of hydrogen-bond acceptors (Lipinski definition) is 6. The third kappa shape index (κ3) is 25.9. The van der Waals surface area contributed by atoms with Crippen molar-refractivity contribution in [3.63, 3.8) is 0 Å². The number of rotatable bonds is 46. The van der Waals surface area contributed by atoms with Crippen LogP contribution >= 0.6 is 0 Å². The fraction of sp³-hybridized carbons (Fsp3) is 0.759. The average molecular weight is 955 g/mol. The SMILES string of the molecule is CCCCCCCCCCCCCCCCCCCCCCc1c(C(=O)O)ccc(O)c1S(=O)(=O)c1c(O)ccc(C(=O)O)c1CCCCCCCCCCCCCCCCCCCCCC. The van der Waals surface area contributed by atoms with Crippen LogP contribution in [0.5, 0.6) is 11.5 Å². The van der Waals surface area contributed by atoms with Gasteiger partial charge in [-0.3, -0.25) is 0 Å². The van der Waals surface area contributed by atoms with E-state index in [1.54, 1.807) is 0 Å². The van der Waals surface area contributed by atoms with Gasteiger partial charge in [-0.1, -0.05) is 258 Å². The normalized spacial score (nSPS) is 11.7. The summed E-state index contributed by atoms with van der Waals surface area (Å²) in [5.41, 5.74) is -0.475. The Morgan fingerprint density at radius 1 is 0.343 bits per heavy atom. The van der Waals surface area contributed by atoms with Crippen molar-refractivity contribution in [2.45, 2.75) is 293 Å². The fourth-order valence-electron chi connectivity index (χ4n) is 9.94. The van der Waals surface area contributed by atoms with Crippen molar-refractivity contribution in [3.05, 3.63) is 46.5 Å². The molecule has 0 atom stereocenters. The molecular formula is C58H98O8S. The van der Waals surface area contributed by atoms with Crippen LogP contribution in [-0.2, 0) is 22.7 Å². The van der Waals surface area contributed by atoms with E-state index in [1.165, 1.54) is 205 Å². The van der Waals surface area contributed by atoms with Gasteiger partial charge in [-0.2, -0.15) is 0 Å². The minimum atomic E-state index is -4.75. The number of benzene rings is 2. The second kappa shape index (κ2) is 38.7. The Hall–Kier alpha value is -3.07. The number of hydrogen-bond donors (Lipinski definition) is 4. The summed E-state index contributed by atoms with van der Waals surface area (Å²) in [5, 5.41) is 42.5. The monoisotopic (exact) mass is 955 g/mol. The van der Waals surface area contributed by atoms with Crippen LogP contribution in [-0.4, -0.2) is 40.8 Å². The van der Waals surface area contributed by atoms with Gasteiger partial charge < -0.3 is 20.4 Å². The largest absolute Gasteiger partial charge is 0.507 e. The van der Waals surface area contributed by atoms with Crippen molar-refractivity contribution >= 4 is 21.8 Å². The Labute approximate surface area is 409 Å². The highest BCUT2D eigenvalue weighted by molar-refractivity contribution is 7.91. The van der Waals surface area contributed by atoms with Gasteiger partial charge in [-0.25, -0.2) is 18.0 Å². The van der Waals surface area contributed by atoms with Gasteiger partial charge in [0, 0.05) is 0 Å². The van der Waals surface area contributed by atoms with Gasteiger partial charge in [0.15, 0.2) is 0 Å². The van der Waals surface area contributed by atoms with Crippen LogP contribution in [0.4, 0.5) is 0 Å². The zero-order chi connectivity index (χ0) is 48.8. The quantitative estimate of drug-likeness (QED) is 0.0479. The third-order valence-corrected chi connectivity index (χ3v) is 16.0. The summed E-state index contributed by atoms with van der Waals surface area (Å²) >= 11 is 0. The Morgan fingerprint density at radius 2 is 0.537 bits per heavy atom. The first-order valence-electron chi connectivity index (χ1n) is 28.0. The van der Waals surface area contributed by atoms with Crippen LogP contribution in [0.25, 0.3) is 0 Å². The number of unbranched alkanes of at least 4 members (excludes halogenated alkanes) is 38. The van der Waals surface area contributed by atoms with Crippen molar-refractivity contribution < 1.29 is 38.4 Å². The molecule has 0 spiro atoms. The molecule has 384 valence electrons. The second-order valence-corrected chi connectivity index (χ2v) is 21.8. The molecule has 0 unspecified atom stereocenters. The zero-order valence-electron chi connectivity index (χ0n) is 42.8. The Morgan fingerprint density at radius 3 is 0.731 bits per heavy atom. The maximum Gasteiger partial charge on any atom is 0.336 e. The Bertz CT molecular complexity index is 1580. The molecule has 2 aromatic carbocycles. The summed E-state index contributed by atoms with van der Waals surface area (Å²) in [5.74, 6) is -3.85. The lowest BCUT2D eigenvalue weighted by molar-refractivity contribution is 0.0684. The number of carboxylic acids is 2. The van der Waals surface area contributed by atoms with Crippen LogP contribution in [0, 0.1) is 0 Å². The fourth-order valence-corrected chi connectivity index (χ4v) is 11.9. The number of sulfone groups is 1. The second-order valence-electron chi connectivity index (χ2n) is 19.9. The van der Waals surface area contributed by atoms with E-state index in [1.807, 2.05) is 0 Å². The molecule has 2 rings (SSSR count). The lowest BCUT2D eigenvalue weighted by atomic mass is 9.99. The summed E-state index contributed by atoms with van der Waals surface area (Å²) in [6.45, 7) is 4.53. The van der Waals surface area contributed by atoms with E-state index in [0.29, 0.717) is 12.8 Å². The predicted octanol–water partition coefficient (Wildman–Crippen LogP) is 18.1. The molecule has 0 heterocycles. The number of phenols is 2. The lowest BCUT2D eigenvalue weighted by Crippen LogP contribution is -2.15. The van der Waals surface area contributed by atoms with Crippen molar-refractivity contribution in [3.8, 4) is 11.5 Å². The lowest BCUT2D eigenvalue weighted by Gasteiger charge is -2.19. The molecule has 0 aliphatic heterocycles. The molecule has 0 aliphatic carbocycles. The highest BCUT2D eigenvalue weighted by Gasteiger charge is 2.34. The van der Waals surface area contributed by atoms with E-state index >= 15 is 0 Å². The van der Waals surface area contributed by atoms with E-state index in [4.69, 9.17) is 0 Å². The van der Waals surface area contributed by atoms with Gasteiger partial charge in [0.05, 0.1) is 11.1 Å². The van der Waals surface area contributed by atoms with Gasteiger partial charge in [-0.05, 0) is 61.1 Å². The number of carbonyl (C=O) groups is 2. The molecule has 2 aromatic rings. The van der Waals surface area contributed by atoms with E-state index in [-0.39, 0.29) is 35.1 Å². The first kappa shape index (κ1) is 60.1. The molecule has 0 bridgehead atoms. The van der Waals surface area contributed by atoms with E-state index in [9.17, 15) is 38.4 Å².